The van der Waals surface area contributed by atoms with Crippen LogP contribution in [0.15, 0.2) is 54.9 Å². The van der Waals surface area contributed by atoms with Crippen molar-refractivity contribution >= 4 is 17.4 Å². The van der Waals surface area contributed by atoms with Gasteiger partial charge in [0.25, 0.3) is 5.91 Å². The fourth-order valence-electron chi connectivity index (χ4n) is 2.57. The number of benzene rings is 2. The van der Waals surface area contributed by atoms with Crippen LogP contribution in [-0.4, -0.2) is 37.2 Å². The topological polar surface area (TPSA) is 94.6 Å². The van der Waals surface area contributed by atoms with Gasteiger partial charge in [-0.2, -0.15) is 0 Å². The molecular weight excluding hydrogens is 372 g/mol. The number of hydrogen-bond acceptors (Lipinski definition) is 7. The number of hydrogen-bond donors (Lipinski definition) is 2. The van der Waals surface area contributed by atoms with E-state index in [0.717, 1.165) is 11.3 Å². The van der Waals surface area contributed by atoms with Gasteiger partial charge in [-0.1, -0.05) is 12.1 Å². The van der Waals surface area contributed by atoms with Gasteiger partial charge in [0, 0.05) is 12.6 Å². The summed E-state index contributed by atoms with van der Waals surface area (Å²) < 4.78 is 15.6. The molecule has 3 aromatic rings. The molecule has 8 heteroatoms. The molecule has 0 atom stereocenters. The molecule has 3 rings (SSSR count). The van der Waals surface area contributed by atoms with Crippen LogP contribution in [0.5, 0.6) is 17.2 Å². The fourth-order valence-corrected chi connectivity index (χ4v) is 2.57. The average molecular weight is 394 g/mol. The van der Waals surface area contributed by atoms with Gasteiger partial charge in [-0.25, -0.2) is 9.97 Å². The number of aromatic nitrogens is 2. The second-order valence-corrected chi connectivity index (χ2v) is 6.01. The molecule has 29 heavy (non-hydrogen) atoms. The second-order valence-electron chi connectivity index (χ2n) is 6.01. The number of carbonyl (C=O) groups excluding carboxylic acids is 1. The van der Waals surface area contributed by atoms with Crippen LogP contribution in [0.1, 0.15) is 16.1 Å². The minimum atomic E-state index is -0.397. The van der Waals surface area contributed by atoms with Gasteiger partial charge in [0.2, 0.25) is 0 Å². The minimum absolute atomic E-state index is 0.185. The van der Waals surface area contributed by atoms with Gasteiger partial charge in [-0.3, -0.25) is 4.79 Å². The lowest BCUT2D eigenvalue weighted by atomic mass is 10.2. The Morgan fingerprint density at radius 2 is 1.62 bits per heavy atom. The Morgan fingerprint density at radius 1 is 0.897 bits per heavy atom. The molecule has 1 amide bonds. The Morgan fingerprint density at radius 3 is 2.24 bits per heavy atom. The molecule has 150 valence electrons. The van der Waals surface area contributed by atoms with Gasteiger partial charge in [0.05, 0.1) is 39.4 Å². The van der Waals surface area contributed by atoms with Gasteiger partial charge in [0.15, 0.2) is 0 Å². The van der Waals surface area contributed by atoms with Gasteiger partial charge < -0.3 is 24.8 Å². The lowest BCUT2D eigenvalue weighted by Crippen LogP contribution is -2.15. The summed E-state index contributed by atoms with van der Waals surface area (Å²) in [5.41, 5.74) is 1.74. The summed E-state index contributed by atoms with van der Waals surface area (Å²) in [7, 11) is 4.71. The summed E-state index contributed by atoms with van der Waals surface area (Å²) in [6, 6.07) is 12.8. The standard InChI is InChI=1S/C21H22N4O4/c1-27-15-6-4-14(5-7-15)11-23-20-13-22-18(12-24-20)21(26)25-17-10-16(28-2)8-9-19(17)29-3/h4-10,12-13H,11H2,1-3H3,(H,23,24)(H,25,26). The Kier molecular flexibility index (Phi) is 6.47. The predicted octanol–water partition coefficient (Wildman–Crippen LogP) is 3.37. The lowest BCUT2D eigenvalue weighted by Gasteiger charge is -2.11. The molecule has 0 aliphatic carbocycles. The van der Waals surface area contributed by atoms with Crippen LogP contribution in [0.25, 0.3) is 0 Å². The first kappa shape index (κ1) is 19.9. The number of ether oxygens (including phenoxy) is 3. The predicted molar refractivity (Wildman–Crippen MR) is 110 cm³/mol. The lowest BCUT2D eigenvalue weighted by molar-refractivity contribution is 0.102. The smallest absolute Gasteiger partial charge is 0.275 e. The van der Waals surface area contributed by atoms with Crippen molar-refractivity contribution in [3.05, 3.63) is 66.1 Å². The van der Waals surface area contributed by atoms with Crippen LogP contribution in [0.4, 0.5) is 11.5 Å². The molecule has 8 nitrogen and oxygen atoms in total. The summed E-state index contributed by atoms with van der Waals surface area (Å²) in [6.45, 7) is 0.575. The Labute approximate surface area is 168 Å². The molecule has 0 unspecified atom stereocenters. The van der Waals surface area contributed by atoms with Crippen LogP contribution in [0.2, 0.25) is 0 Å². The van der Waals surface area contributed by atoms with Crippen molar-refractivity contribution in [2.75, 3.05) is 32.0 Å². The Bertz CT molecular complexity index is 959. The normalized spacial score (nSPS) is 10.2. The van der Waals surface area contributed by atoms with Crippen molar-refractivity contribution in [1.29, 1.82) is 0 Å². The largest absolute Gasteiger partial charge is 0.497 e. The molecule has 0 aliphatic heterocycles. The van der Waals surface area contributed by atoms with Gasteiger partial charge in [-0.15, -0.1) is 0 Å². The minimum Gasteiger partial charge on any atom is -0.497 e. The summed E-state index contributed by atoms with van der Waals surface area (Å²) >= 11 is 0. The Balaban J connectivity index is 1.62. The monoisotopic (exact) mass is 394 g/mol. The number of anilines is 2. The fraction of sp³-hybridized carbons (Fsp3) is 0.190. The summed E-state index contributed by atoms with van der Waals surface area (Å²) in [5, 5.41) is 5.93. The first-order valence-corrected chi connectivity index (χ1v) is 8.85. The highest BCUT2D eigenvalue weighted by Crippen LogP contribution is 2.29. The van der Waals surface area contributed by atoms with E-state index in [1.54, 1.807) is 32.4 Å². The summed E-state index contributed by atoms with van der Waals surface area (Å²) in [5.74, 6) is 2.09. The molecule has 2 N–H and O–H groups in total. The van der Waals surface area contributed by atoms with Crippen molar-refractivity contribution in [1.82, 2.24) is 9.97 Å². The third-order valence-corrected chi connectivity index (χ3v) is 4.17. The van der Waals surface area contributed by atoms with E-state index in [1.165, 1.54) is 19.5 Å². The van der Waals surface area contributed by atoms with E-state index in [2.05, 4.69) is 20.6 Å². The van der Waals surface area contributed by atoms with Crippen LogP contribution in [-0.2, 0) is 6.54 Å². The highest BCUT2D eigenvalue weighted by atomic mass is 16.5. The zero-order valence-corrected chi connectivity index (χ0v) is 16.4. The molecule has 2 aromatic carbocycles. The van der Waals surface area contributed by atoms with E-state index in [-0.39, 0.29) is 5.69 Å². The molecule has 0 bridgehead atoms. The summed E-state index contributed by atoms with van der Waals surface area (Å²) in [6.07, 6.45) is 2.93. The van der Waals surface area contributed by atoms with E-state index in [9.17, 15) is 4.79 Å². The average Bonchev–Trinajstić information content (AvgIpc) is 2.78. The van der Waals surface area contributed by atoms with Gasteiger partial charge in [-0.05, 0) is 29.8 Å². The van der Waals surface area contributed by atoms with Crippen molar-refractivity contribution in [3.8, 4) is 17.2 Å². The first-order chi connectivity index (χ1) is 14.1. The van der Waals surface area contributed by atoms with Crippen LogP contribution < -0.4 is 24.8 Å². The molecule has 0 saturated heterocycles. The zero-order chi connectivity index (χ0) is 20.6. The third-order valence-electron chi connectivity index (χ3n) is 4.17. The van der Waals surface area contributed by atoms with Crippen molar-refractivity contribution in [2.45, 2.75) is 6.54 Å². The number of methoxy groups -OCH3 is 3. The van der Waals surface area contributed by atoms with E-state index in [4.69, 9.17) is 14.2 Å². The van der Waals surface area contributed by atoms with E-state index in [1.807, 2.05) is 24.3 Å². The molecule has 0 spiro atoms. The van der Waals surface area contributed by atoms with Crippen LogP contribution in [0.3, 0.4) is 0 Å². The highest BCUT2D eigenvalue weighted by Gasteiger charge is 2.12. The van der Waals surface area contributed by atoms with Crippen LogP contribution >= 0.6 is 0 Å². The maximum atomic E-state index is 12.5. The quantitative estimate of drug-likeness (QED) is 0.605. The Hall–Kier alpha value is -3.81. The number of rotatable bonds is 8. The van der Waals surface area contributed by atoms with Crippen molar-refractivity contribution < 1.29 is 19.0 Å². The number of carbonyl (C=O) groups is 1. The molecule has 0 fully saturated rings. The summed E-state index contributed by atoms with van der Waals surface area (Å²) in [4.78, 5) is 20.9. The van der Waals surface area contributed by atoms with E-state index in [0.29, 0.717) is 29.5 Å². The third kappa shape index (κ3) is 5.13. The van der Waals surface area contributed by atoms with Gasteiger partial charge in [0.1, 0.15) is 28.8 Å². The maximum Gasteiger partial charge on any atom is 0.275 e. The zero-order valence-electron chi connectivity index (χ0n) is 16.4. The molecule has 0 radical (unpaired) electrons. The number of amides is 1. The molecule has 0 saturated carbocycles. The van der Waals surface area contributed by atoms with Gasteiger partial charge >= 0.3 is 0 Å². The van der Waals surface area contributed by atoms with E-state index < -0.39 is 5.91 Å². The number of nitrogens with one attached hydrogen (secondary N) is 2. The maximum absolute atomic E-state index is 12.5. The highest BCUT2D eigenvalue weighted by molar-refractivity contribution is 6.03. The first-order valence-electron chi connectivity index (χ1n) is 8.85. The van der Waals surface area contributed by atoms with Crippen LogP contribution in [0, 0.1) is 0 Å². The van der Waals surface area contributed by atoms with Crippen molar-refractivity contribution in [3.63, 3.8) is 0 Å². The SMILES string of the molecule is COc1ccc(CNc2cnc(C(=O)Nc3cc(OC)ccc3OC)cn2)cc1. The van der Waals surface area contributed by atoms with Crippen molar-refractivity contribution in [2.24, 2.45) is 0 Å². The molecule has 1 aromatic heterocycles. The second kappa shape index (κ2) is 9.41. The van der Waals surface area contributed by atoms with E-state index >= 15 is 0 Å². The number of nitrogens with zero attached hydrogens (tertiary/aromatic N) is 2. The molecule has 1 heterocycles. The molecule has 0 aliphatic rings. The molecular formula is C21H22N4O4.